The third kappa shape index (κ3) is 46.1. The molecule has 6 heteroatoms. The van der Waals surface area contributed by atoms with Gasteiger partial charge in [0.1, 0.15) is 0 Å². The molecule has 1 amide bonds. The maximum Gasteiger partial charge on any atom is 0.305 e. The summed E-state index contributed by atoms with van der Waals surface area (Å²) in [4.78, 5) is 24.5. The topological polar surface area (TPSA) is 95.9 Å². The molecule has 0 saturated carbocycles. The van der Waals surface area contributed by atoms with Gasteiger partial charge in [-0.1, -0.05) is 244 Å². The molecule has 0 bridgehead atoms. The van der Waals surface area contributed by atoms with Crippen LogP contribution in [0.3, 0.4) is 0 Å². The Balaban J connectivity index is 3.47. The Morgan fingerprint density at radius 1 is 0.450 bits per heavy atom. The average Bonchev–Trinajstić information content (AvgIpc) is 3.25. The fourth-order valence-electron chi connectivity index (χ4n) is 8.40. The summed E-state index contributed by atoms with van der Waals surface area (Å²) in [5.41, 5.74) is 0. The molecule has 356 valence electrons. The number of rotatable bonds is 50. The quantitative estimate of drug-likeness (QED) is 0.0322. The molecule has 0 aliphatic rings. The predicted octanol–water partition coefficient (Wildman–Crippen LogP) is 16.1. The SMILES string of the molecule is CCCCCC/C=C\CCCCCCCC(=O)OCCCCCCCCCCCCCC(=O)NC(CO)C(O)CCCCCCCCCCCCCCCCCCCCC. The van der Waals surface area contributed by atoms with E-state index in [1.165, 1.54) is 205 Å². The second-order valence-electron chi connectivity index (χ2n) is 18.6. The smallest absolute Gasteiger partial charge is 0.305 e. The van der Waals surface area contributed by atoms with E-state index in [0.717, 1.165) is 57.8 Å². The zero-order valence-electron chi connectivity index (χ0n) is 40.5. The van der Waals surface area contributed by atoms with E-state index in [1.54, 1.807) is 0 Å². The van der Waals surface area contributed by atoms with Crippen LogP contribution in [0.25, 0.3) is 0 Å². The highest BCUT2D eigenvalue weighted by Gasteiger charge is 2.20. The first-order chi connectivity index (χ1) is 29.5. The highest BCUT2D eigenvalue weighted by Crippen LogP contribution is 2.17. The summed E-state index contributed by atoms with van der Waals surface area (Å²) in [6, 6.07) is -0.555. The first-order valence-corrected chi connectivity index (χ1v) is 26.9. The van der Waals surface area contributed by atoms with Gasteiger partial charge in [-0.3, -0.25) is 9.59 Å². The van der Waals surface area contributed by atoms with Crippen molar-refractivity contribution in [3.05, 3.63) is 12.2 Å². The van der Waals surface area contributed by atoms with Gasteiger partial charge in [0.25, 0.3) is 0 Å². The number of hydrogen-bond acceptors (Lipinski definition) is 5. The summed E-state index contributed by atoms with van der Waals surface area (Å²) in [5.74, 6) is -0.0739. The Morgan fingerprint density at radius 2 is 0.783 bits per heavy atom. The van der Waals surface area contributed by atoms with E-state index in [9.17, 15) is 19.8 Å². The van der Waals surface area contributed by atoms with Crippen LogP contribution in [0.5, 0.6) is 0 Å². The lowest BCUT2D eigenvalue weighted by molar-refractivity contribution is -0.143. The zero-order valence-corrected chi connectivity index (χ0v) is 40.5. The number of carbonyl (C=O) groups is 2. The standard InChI is InChI=1S/C54H105NO5/c1-3-5-7-9-11-13-15-17-18-19-20-21-22-24-26-30-34-38-42-46-52(57)51(50-56)55-53(58)47-43-39-35-31-27-25-29-33-37-41-45-49-60-54(59)48-44-40-36-32-28-23-16-14-12-10-8-6-4-2/h14,16,51-52,56-57H,3-13,15,17-50H2,1-2H3,(H,55,58)/b16-14-. The first-order valence-electron chi connectivity index (χ1n) is 26.9. The van der Waals surface area contributed by atoms with Gasteiger partial charge in [0.2, 0.25) is 5.91 Å². The molecule has 2 atom stereocenters. The number of esters is 1. The molecule has 0 aliphatic carbocycles. The average molecular weight is 848 g/mol. The highest BCUT2D eigenvalue weighted by atomic mass is 16.5. The van der Waals surface area contributed by atoms with Gasteiger partial charge in [0.15, 0.2) is 0 Å². The Hall–Kier alpha value is -1.40. The molecular weight excluding hydrogens is 743 g/mol. The molecule has 0 saturated heterocycles. The summed E-state index contributed by atoms with van der Waals surface area (Å²) >= 11 is 0. The molecule has 0 fully saturated rings. The summed E-state index contributed by atoms with van der Waals surface area (Å²) < 4.78 is 5.45. The third-order valence-electron chi connectivity index (χ3n) is 12.6. The second-order valence-corrected chi connectivity index (χ2v) is 18.6. The summed E-state index contributed by atoms with van der Waals surface area (Å²) in [6.45, 7) is 4.91. The van der Waals surface area contributed by atoms with Crippen LogP contribution in [0.4, 0.5) is 0 Å². The van der Waals surface area contributed by atoms with Crippen molar-refractivity contribution in [2.75, 3.05) is 13.2 Å². The maximum absolute atomic E-state index is 12.5. The number of allylic oxidation sites excluding steroid dienone is 2. The van der Waals surface area contributed by atoms with Gasteiger partial charge < -0.3 is 20.3 Å². The van der Waals surface area contributed by atoms with Crippen molar-refractivity contribution in [2.24, 2.45) is 0 Å². The van der Waals surface area contributed by atoms with E-state index in [2.05, 4.69) is 31.3 Å². The van der Waals surface area contributed by atoms with Gasteiger partial charge in [-0.15, -0.1) is 0 Å². The predicted molar refractivity (Wildman–Crippen MR) is 260 cm³/mol. The van der Waals surface area contributed by atoms with E-state index < -0.39 is 12.1 Å². The van der Waals surface area contributed by atoms with Gasteiger partial charge in [0.05, 0.1) is 25.4 Å². The van der Waals surface area contributed by atoms with E-state index in [4.69, 9.17) is 4.74 Å². The van der Waals surface area contributed by atoms with Gasteiger partial charge >= 0.3 is 5.97 Å². The summed E-state index contributed by atoms with van der Waals surface area (Å²) in [7, 11) is 0. The van der Waals surface area contributed by atoms with Crippen LogP contribution in [0, 0.1) is 0 Å². The Labute approximate surface area is 374 Å². The number of amides is 1. The minimum atomic E-state index is -0.676. The molecule has 0 rings (SSSR count). The number of hydrogen-bond donors (Lipinski definition) is 3. The lowest BCUT2D eigenvalue weighted by Crippen LogP contribution is -2.45. The molecule has 0 spiro atoms. The van der Waals surface area contributed by atoms with Crippen molar-refractivity contribution in [1.82, 2.24) is 5.32 Å². The first kappa shape index (κ1) is 58.6. The number of nitrogens with one attached hydrogen (secondary N) is 1. The molecule has 0 aromatic heterocycles. The van der Waals surface area contributed by atoms with Crippen LogP contribution < -0.4 is 5.32 Å². The molecule has 0 heterocycles. The molecule has 6 nitrogen and oxygen atoms in total. The third-order valence-corrected chi connectivity index (χ3v) is 12.6. The largest absolute Gasteiger partial charge is 0.466 e. The van der Waals surface area contributed by atoms with Crippen LogP contribution >= 0.6 is 0 Å². The zero-order chi connectivity index (χ0) is 43.7. The molecule has 0 aliphatic heterocycles. The maximum atomic E-state index is 12.5. The van der Waals surface area contributed by atoms with Gasteiger partial charge in [-0.05, 0) is 51.4 Å². The van der Waals surface area contributed by atoms with E-state index >= 15 is 0 Å². The number of carbonyl (C=O) groups excluding carboxylic acids is 2. The van der Waals surface area contributed by atoms with Gasteiger partial charge in [-0.2, -0.15) is 0 Å². The number of aliphatic hydroxyl groups excluding tert-OH is 2. The van der Waals surface area contributed by atoms with E-state index in [0.29, 0.717) is 25.9 Å². The van der Waals surface area contributed by atoms with Crippen LogP contribution in [0.1, 0.15) is 296 Å². The van der Waals surface area contributed by atoms with Crippen molar-refractivity contribution < 1.29 is 24.5 Å². The van der Waals surface area contributed by atoms with Crippen molar-refractivity contribution in [2.45, 2.75) is 309 Å². The van der Waals surface area contributed by atoms with Crippen LogP contribution in [0.2, 0.25) is 0 Å². The van der Waals surface area contributed by atoms with Crippen LogP contribution in [0.15, 0.2) is 12.2 Å². The Morgan fingerprint density at radius 3 is 1.20 bits per heavy atom. The lowest BCUT2D eigenvalue weighted by atomic mass is 10.0. The fourth-order valence-corrected chi connectivity index (χ4v) is 8.40. The fraction of sp³-hybridized carbons (Fsp3) is 0.926. The monoisotopic (exact) mass is 848 g/mol. The summed E-state index contributed by atoms with van der Waals surface area (Å²) in [5, 5.41) is 23.3. The molecule has 2 unspecified atom stereocenters. The van der Waals surface area contributed by atoms with E-state index in [1.807, 2.05) is 0 Å². The molecule has 0 radical (unpaired) electrons. The molecule has 60 heavy (non-hydrogen) atoms. The number of aliphatic hydroxyl groups is 2. The highest BCUT2D eigenvalue weighted by molar-refractivity contribution is 5.76. The molecule has 3 N–H and O–H groups in total. The van der Waals surface area contributed by atoms with Gasteiger partial charge in [0, 0.05) is 12.8 Å². The van der Waals surface area contributed by atoms with Crippen LogP contribution in [-0.2, 0) is 14.3 Å². The van der Waals surface area contributed by atoms with Crippen molar-refractivity contribution >= 4 is 11.9 Å². The normalized spacial score (nSPS) is 12.7. The van der Waals surface area contributed by atoms with Gasteiger partial charge in [-0.25, -0.2) is 0 Å². The Kier molecular flexibility index (Phi) is 49.1. The minimum absolute atomic E-state index is 0.0221. The molecule has 0 aromatic rings. The second kappa shape index (κ2) is 50.2. The van der Waals surface area contributed by atoms with E-state index in [-0.39, 0.29) is 18.5 Å². The van der Waals surface area contributed by atoms with Crippen molar-refractivity contribution in [3.63, 3.8) is 0 Å². The minimum Gasteiger partial charge on any atom is -0.466 e. The van der Waals surface area contributed by atoms with Crippen molar-refractivity contribution in [1.29, 1.82) is 0 Å². The number of ether oxygens (including phenoxy) is 1. The molecule has 0 aromatic carbocycles. The van der Waals surface area contributed by atoms with Crippen LogP contribution in [-0.4, -0.2) is 47.4 Å². The van der Waals surface area contributed by atoms with Crippen molar-refractivity contribution in [3.8, 4) is 0 Å². The molecular formula is C54H105NO5. The summed E-state index contributed by atoms with van der Waals surface area (Å²) in [6.07, 6.45) is 57.5. The lowest BCUT2D eigenvalue weighted by Gasteiger charge is -2.22. The number of unbranched alkanes of at least 4 members (excludes halogenated alkanes) is 37. The Bertz CT molecular complexity index is 893.